The van der Waals surface area contributed by atoms with E-state index in [1.807, 2.05) is 0 Å². The van der Waals surface area contributed by atoms with E-state index in [9.17, 15) is 0 Å². The molecule has 2 rings (SSSR count). The first-order chi connectivity index (χ1) is 9.22. The van der Waals surface area contributed by atoms with Crippen molar-refractivity contribution in [1.29, 1.82) is 0 Å². The Morgan fingerprint density at radius 1 is 1.37 bits per heavy atom. The van der Waals surface area contributed by atoms with E-state index in [0.717, 1.165) is 19.0 Å². The molecule has 0 aliphatic carbocycles. The lowest BCUT2D eigenvalue weighted by Gasteiger charge is -2.33. The van der Waals surface area contributed by atoms with E-state index in [-0.39, 0.29) is 0 Å². The van der Waals surface area contributed by atoms with E-state index in [0.29, 0.717) is 12.0 Å². The van der Waals surface area contributed by atoms with E-state index in [2.05, 4.69) is 61.0 Å². The molecule has 0 bridgehead atoms. The van der Waals surface area contributed by atoms with Crippen LogP contribution in [0.2, 0.25) is 0 Å². The van der Waals surface area contributed by atoms with Gasteiger partial charge in [-0.3, -0.25) is 4.90 Å². The summed E-state index contributed by atoms with van der Waals surface area (Å²) in [7, 11) is 2.26. The van der Waals surface area contributed by atoms with Crippen LogP contribution in [0, 0.1) is 0 Å². The molecule has 2 N–H and O–H groups in total. The number of hydrogen-bond donors (Lipinski definition) is 1. The molecule has 2 nitrogen and oxygen atoms in total. The minimum absolute atomic E-state index is 0.499. The number of rotatable bonds is 6. The van der Waals surface area contributed by atoms with Crippen LogP contribution in [0.15, 0.2) is 30.3 Å². The maximum absolute atomic E-state index is 6.02. The predicted octanol–water partition coefficient (Wildman–Crippen LogP) is 2.94. The smallest absolute Gasteiger partial charge is 0.0224 e. The molecule has 3 heteroatoms. The third kappa shape index (κ3) is 3.98. The van der Waals surface area contributed by atoms with Gasteiger partial charge in [0.2, 0.25) is 0 Å². The number of nitrogens with two attached hydrogens (primary N) is 1. The third-order valence-electron chi connectivity index (χ3n) is 4.32. The van der Waals surface area contributed by atoms with Crippen LogP contribution in [-0.4, -0.2) is 42.1 Å². The van der Waals surface area contributed by atoms with Gasteiger partial charge < -0.3 is 5.73 Å². The van der Waals surface area contributed by atoms with Crippen molar-refractivity contribution in [2.24, 2.45) is 5.73 Å². The Balaban J connectivity index is 1.94. The van der Waals surface area contributed by atoms with Gasteiger partial charge in [0, 0.05) is 24.4 Å². The van der Waals surface area contributed by atoms with Gasteiger partial charge in [-0.15, -0.1) is 0 Å². The minimum atomic E-state index is 0.499. The highest BCUT2D eigenvalue weighted by Crippen LogP contribution is 2.27. The quantitative estimate of drug-likeness (QED) is 0.867. The molecule has 1 aromatic carbocycles. The summed E-state index contributed by atoms with van der Waals surface area (Å²) in [5, 5.41) is 0. The van der Waals surface area contributed by atoms with Gasteiger partial charge in [0.15, 0.2) is 0 Å². The van der Waals surface area contributed by atoms with Crippen molar-refractivity contribution >= 4 is 11.8 Å². The molecule has 106 valence electrons. The minimum Gasteiger partial charge on any atom is -0.329 e. The SMILES string of the molecule is CC(CC(CN)N(C)C1CCSC1)c1ccccc1. The number of thioether (sulfide) groups is 1. The van der Waals surface area contributed by atoms with E-state index in [1.165, 1.54) is 23.5 Å². The zero-order valence-corrected chi connectivity index (χ0v) is 12.9. The Morgan fingerprint density at radius 2 is 2.11 bits per heavy atom. The third-order valence-corrected chi connectivity index (χ3v) is 5.47. The molecular weight excluding hydrogens is 252 g/mol. The maximum Gasteiger partial charge on any atom is 0.0224 e. The summed E-state index contributed by atoms with van der Waals surface area (Å²) in [6, 6.07) is 12.0. The first-order valence-electron chi connectivity index (χ1n) is 7.27. The molecule has 3 unspecified atom stereocenters. The van der Waals surface area contributed by atoms with Gasteiger partial charge in [0.05, 0.1) is 0 Å². The van der Waals surface area contributed by atoms with E-state index in [4.69, 9.17) is 5.73 Å². The Bertz CT molecular complexity index is 362. The fraction of sp³-hybridized carbons (Fsp3) is 0.625. The molecule has 1 aliphatic rings. The summed E-state index contributed by atoms with van der Waals surface area (Å²) in [6.45, 7) is 3.07. The molecule has 1 heterocycles. The Kier molecular flexibility index (Phi) is 5.74. The predicted molar refractivity (Wildman–Crippen MR) is 85.8 cm³/mol. The van der Waals surface area contributed by atoms with Crippen LogP contribution in [-0.2, 0) is 0 Å². The molecular formula is C16H26N2S. The highest BCUT2D eigenvalue weighted by molar-refractivity contribution is 7.99. The van der Waals surface area contributed by atoms with E-state index >= 15 is 0 Å². The van der Waals surface area contributed by atoms with Crippen molar-refractivity contribution in [3.05, 3.63) is 35.9 Å². The molecule has 0 spiro atoms. The molecule has 0 saturated carbocycles. The summed E-state index contributed by atoms with van der Waals surface area (Å²) in [5.74, 6) is 3.15. The van der Waals surface area contributed by atoms with Crippen molar-refractivity contribution in [3.8, 4) is 0 Å². The van der Waals surface area contributed by atoms with Crippen LogP contribution in [0.3, 0.4) is 0 Å². The van der Waals surface area contributed by atoms with Crippen LogP contribution in [0.4, 0.5) is 0 Å². The molecule has 19 heavy (non-hydrogen) atoms. The summed E-state index contributed by atoms with van der Waals surface area (Å²) in [5.41, 5.74) is 7.45. The van der Waals surface area contributed by atoms with Gasteiger partial charge in [-0.25, -0.2) is 0 Å². The lowest BCUT2D eigenvalue weighted by molar-refractivity contribution is 0.176. The lowest BCUT2D eigenvalue weighted by atomic mass is 9.93. The molecule has 0 radical (unpaired) electrons. The van der Waals surface area contributed by atoms with Gasteiger partial charge in [0.1, 0.15) is 0 Å². The molecule has 1 aliphatic heterocycles. The molecule has 1 fully saturated rings. The molecule has 0 amide bonds. The number of likely N-dealkylation sites (N-methyl/N-ethyl adjacent to an activating group) is 1. The fourth-order valence-electron chi connectivity index (χ4n) is 2.90. The summed E-state index contributed by atoms with van der Waals surface area (Å²) in [6.07, 6.45) is 2.47. The molecule has 0 aromatic heterocycles. The summed E-state index contributed by atoms with van der Waals surface area (Å²) < 4.78 is 0. The van der Waals surface area contributed by atoms with Crippen LogP contribution >= 0.6 is 11.8 Å². The number of nitrogens with zero attached hydrogens (tertiary/aromatic N) is 1. The molecule has 3 atom stereocenters. The Hall–Kier alpha value is -0.510. The normalized spacial score (nSPS) is 22.6. The van der Waals surface area contributed by atoms with Gasteiger partial charge >= 0.3 is 0 Å². The van der Waals surface area contributed by atoms with Crippen LogP contribution in [0.1, 0.15) is 31.2 Å². The van der Waals surface area contributed by atoms with Gasteiger partial charge in [-0.1, -0.05) is 37.3 Å². The summed E-state index contributed by atoms with van der Waals surface area (Å²) >= 11 is 2.07. The van der Waals surface area contributed by atoms with Crippen molar-refractivity contribution in [2.45, 2.75) is 37.8 Å². The number of benzene rings is 1. The second-order valence-corrected chi connectivity index (χ2v) is 6.77. The van der Waals surface area contributed by atoms with Crippen LogP contribution in [0.25, 0.3) is 0 Å². The highest BCUT2D eigenvalue weighted by atomic mass is 32.2. The second kappa shape index (κ2) is 7.32. The second-order valence-electron chi connectivity index (χ2n) is 5.62. The monoisotopic (exact) mass is 278 g/mol. The lowest BCUT2D eigenvalue weighted by Crippen LogP contribution is -2.45. The summed E-state index contributed by atoms with van der Waals surface area (Å²) in [4.78, 5) is 2.53. The Morgan fingerprint density at radius 3 is 2.68 bits per heavy atom. The zero-order valence-electron chi connectivity index (χ0n) is 12.1. The molecule has 1 aromatic rings. The largest absolute Gasteiger partial charge is 0.329 e. The van der Waals surface area contributed by atoms with Crippen LogP contribution in [0.5, 0.6) is 0 Å². The first kappa shape index (κ1) is 14.9. The van der Waals surface area contributed by atoms with Crippen molar-refractivity contribution in [2.75, 3.05) is 25.1 Å². The van der Waals surface area contributed by atoms with Crippen molar-refractivity contribution in [3.63, 3.8) is 0 Å². The topological polar surface area (TPSA) is 29.3 Å². The van der Waals surface area contributed by atoms with Gasteiger partial charge in [-0.2, -0.15) is 11.8 Å². The maximum atomic E-state index is 6.02. The van der Waals surface area contributed by atoms with Crippen molar-refractivity contribution in [1.82, 2.24) is 4.90 Å². The van der Waals surface area contributed by atoms with Gasteiger partial charge in [0.25, 0.3) is 0 Å². The molecule has 1 saturated heterocycles. The van der Waals surface area contributed by atoms with E-state index < -0.39 is 0 Å². The zero-order chi connectivity index (χ0) is 13.7. The van der Waals surface area contributed by atoms with Crippen molar-refractivity contribution < 1.29 is 0 Å². The van der Waals surface area contributed by atoms with Crippen LogP contribution < -0.4 is 5.73 Å². The average molecular weight is 278 g/mol. The standard InChI is InChI=1S/C16H26N2S/c1-13(14-6-4-3-5-7-14)10-16(11-17)18(2)15-8-9-19-12-15/h3-7,13,15-16H,8-12,17H2,1-2H3. The highest BCUT2D eigenvalue weighted by Gasteiger charge is 2.26. The van der Waals surface area contributed by atoms with E-state index in [1.54, 1.807) is 0 Å². The number of hydrogen-bond acceptors (Lipinski definition) is 3. The fourth-order valence-corrected chi connectivity index (χ4v) is 4.18. The Labute approximate surface area is 121 Å². The first-order valence-corrected chi connectivity index (χ1v) is 8.42. The van der Waals surface area contributed by atoms with Gasteiger partial charge in [-0.05, 0) is 37.1 Å². The average Bonchev–Trinajstić information content (AvgIpc) is 2.99.